The predicted octanol–water partition coefficient (Wildman–Crippen LogP) is 3.11. The van der Waals surface area contributed by atoms with E-state index in [0.717, 1.165) is 16.5 Å². The van der Waals surface area contributed by atoms with Gasteiger partial charge in [-0.05, 0) is 29.7 Å². The molecule has 0 saturated heterocycles. The van der Waals surface area contributed by atoms with Crippen LogP contribution in [-0.4, -0.2) is 4.98 Å². The third kappa shape index (κ3) is 1.49. The lowest BCUT2D eigenvalue weighted by atomic mass is 10.1. The lowest BCUT2D eigenvalue weighted by molar-refractivity contribution is 0.629. The Bertz CT molecular complexity index is 442. The molecular weight excluding hydrogens is 189 g/mol. The van der Waals surface area contributed by atoms with Crippen LogP contribution in [0.3, 0.4) is 0 Å². The molecule has 1 nitrogen and oxygen atoms in total. The van der Waals surface area contributed by atoms with Crippen LogP contribution in [0.1, 0.15) is 5.69 Å². The van der Waals surface area contributed by atoms with Crippen molar-refractivity contribution in [1.29, 1.82) is 0 Å². The van der Waals surface area contributed by atoms with E-state index in [1.807, 2.05) is 0 Å². The molecule has 0 aliphatic rings. The van der Waals surface area contributed by atoms with E-state index in [-0.39, 0.29) is 5.82 Å². The van der Waals surface area contributed by atoms with Crippen LogP contribution in [0, 0.1) is 5.82 Å². The highest BCUT2D eigenvalue weighted by Gasteiger charge is 2.01. The minimum Gasteiger partial charge on any atom is -0.259 e. The van der Waals surface area contributed by atoms with Gasteiger partial charge in [-0.3, -0.25) is 4.98 Å². The van der Waals surface area contributed by atoms with E-state index < -0.39 is 0 Å². The molecule has 0 aliphatic heterocycles. The van der Waals surface area contributed by atoms with Crippen LogP contribution < -0.4 is 0 Å². The fourth-order valence-corrected chi connectivity index (χ4v) is 1.53. The van der Waals surface area contributed by atoms with Crippen molar-refractivity contribution in [2.75, 3.05) is 0 Å². The molecule has 2 rings (SSSR count). The lowest BCUT2D eigenvalue weighted by Gasteiger charge is -2.01. The van der Waals surface area contributed by atoms with Gasteiger partial charge in [0.25, 0.3) is 0 Å². The maximum Gasteiger partial charge on any atom is 0.123 e. The number of halogens is 2. The minimum atomic E-state index is -0.237. The van der Waals surface area contributed by atoms with Gasteiger partial charge < -0.3 is 0 Å². The maximum absolute atomic E-state index is 12.8. The lowest BCUT2D eigenvalue weighted by Crippen LogP contribution is -1.87. The molecule has 0 saturated carbocycles. The number of aromatic nitrogens is 1. The Balaban J connectivity index is 2.77. The van der Waals surface area contributed by atoms with Crippen molar-refractivity contribution in [2.24, 2.45) is 0 Å². The topological polar surface area (TPSA) is 12.9 Å². The van der Waals surface area contributed by atoms with Gasteiger partial charge in [0, 0.05) is 11.6 Å². The van der Waals surface area contributed by atoms with Gasteiger partial charge in [-0.25, -0.2) is 4.39 Å². The standard InChI is InChI=1S/C10H7ClFN/c11-6-10-9-2-1-8(12)5-7(9)3-4-13-10/h1-5H,6H2. The number of nitrogens with zero attached hydrogens (tertiary/aromatic N) is 1. The quantitative estimate of drug-likeness (QED) is 0.638. The van der Waals surface area contributed by atoms with E-state index in [1.165, 1.54) is 12.1 Å². The van der Waals surface area contributed by atoms with Crippen molar-refractivity contribution in [3.05, 3.63) is 42.0 Å². The van der Waals surface area contributed by atoms with Crippen molar-refractivity contribution < 1.29 is 4.39 Å². The molecule has 3 heteroatoms. The highest BCUT2D eigenvalue weighted by Crippen LogP contribution is 2.18. The summed E-state index contributed by atoms with van der Waals surface area (Å²) < 4.78 is 12.8. The van der Waals surface area contributed by atoms with E-state index in [9.17, 15) is 4.39 Å². The van der Waals surface area contributed by atoms with Gasteiger partial charge >= 0.3 is 0 Å². The normalized spacial score (nSPS) is 10.6. The summed E-state index contributed by atoms with van der Waals surface area (Å²) in [5.74, 6) is 0.113. The van der Waals surface area contributed by atoms with E-state index in [2.05, 4.69) is 4.98 Å². The molecule has 0 unspecified atom stereocenters. The van der Waals surface area contributed by atoms with Gasteiger partial charge in [0.15, 0.2) is 0 Å². The molecule has 1 aromatic carbocycles. The van der Waals surface area contributed by atoms with Crippen LogP contribution in [0.5, 0.6) is 0 Å². The van der Waals surface area contributed by atoms with Crippen molar-refractivity contribution in [1.82, 2.24) is 4.98 Å². The van der Waals surface area contributed by atoms with Gasteiger partial charge in [0.2, 0.25) is 0 Å². The number of alkyl halides is 1. The first-order chi connectivity index (χ1) is 6.31. The second kappa shape index (κ2) is 3.30. The first-order valence-electron chi connectivity index (χ1n) is 3.90. The molecule has 0 amide bonds. The summed E-state index contributed by atoms with van der Waals surface area (Å²) >= 11 is 5.69. The van der Waals surface area contributed by atoms with E-state index in [4.69, 9.17) is 11.6 Å². The maximum atomic E-state index is 12.8. The molecule has 1 aromatic heterocycles. The molecule has 13 heavy (non-hydrogen) atoms. The summed E-state index contributed by atoms with van der Waals surface area (Å²) in [6.45, 7) is 0. The molecule has 0 bridgehead atoms. The monoisotopic (exact) mass is 195 g/mol. The van der Waals surface area contributed by atoms with Crippen LogP contribution in [-0.2, 0) is 5.88 Å². The van der Waals surface area contributed by atoms with Gasteiger partial charge in [-0.1, -0.05) is 0 Å². The van der Waals surface area contributed by atoms with Crippen LogP contribution in [0.4, 0.5) is 4.39 Å². The SMILES string of the molecule is Fc1ccc2c(CCl)nccc2c1. The fourth-order valence-electron chi connectivity index (χ4n) is 1.32. The summed E-state index contributed by atoms with van der Waals surface area (Å²) in [6.07, 6.45) is 1.64. The summed E-state index contributed by atoms with van der Waals surface area (Å²) in [6, 6.07) is 6.37. The molecule has 0 N–H and O–H groups in total. The average molecular weight is 196 g/mol. The highest BCUT2D eigenvalue weighted by atomic mass is 35.5. The van der Waals surface area contributed by atoms with Gasteiger partial charge in [-0.15, -0.1) is 11.6 Å². The van der Waals surface area contributed by atoms with Crippen molar-refractivity contribution in [2.45, 2.75) is 5.88 Å². The number of benzene rings is 1. The molecule has 0 aliphatic carbocycles. The van der Waals surface area contributed by atoms with E-state index in [1.54, 1.807) is 18.3 Å². The second-order valence-corrected chi connectivity index (χ2v) is 3.02. The summed E-state index contributed by atoms with van der Waals surface area (Å²) in [4.78, 5) is 4.10. The molecule has 0 fully saturated rings. The second-order valence-electron chi connectivity index (χ2n) is 2.76. The Morgan fingerprint density at radius 2 is 2.15 bits per heavy atom. The molecule has 0 spiro atoms. The number of hydrogen-bond acceptors (Lipinski definition) is 1. The molecule has 2 aromatic rings. The zero-order chi connectivity index (χ0) is 9.26. The van der Waals surface area contributed by atoms with Crippen LogP contribution >= 0.6 is 11.6 Å². The smallest absolute Gasteiger partial charge is 0.123 e. The van der Waals surface area contributed by atoms with E-state index >= 15 is 0 Å². The van der Waals surface area contributed by atoms with Crippen LogP contribution in [0.25, 0.3) is 10.8 Å². The number of hydrogen-bond donors (Lipinski definition) is 0. The third-order valence-corrected chi connectivity index (χ3v) is 2.19. The summed E-state index contributed by atoms with van der Waals surface area (Å²) in [7, 11) is 0. The molecule has 0 radical (unpaired) electrons. The summed E-state index contributed by atoms with van der Waals surface area (Å²) in [5.41, 5.74) is 0.791. The van der Waals surface area contributed by atoms with Crippen molar-refractivity contribution >= 4 is 22.4 Å². The molecular formula is C10H7ClFN. The van der Waals surface area contributed by atoms with Gasteiger partial charge in [0.05, 0.1) is 11.6 Å². The summed E-state index contributed by atoms with van der Waals surface area (Å²) in [5, 5.41) is 1.75. The fraction of sp³-hybridized carbons (Fsp3) is 0.100. The first-order valence-corrected chi connectivity index (χ1v) is 4.44. The Hall–Kier alpha value is -1.15. The van der Waals surface area contributed by atoms with Gasteiger partial charge in [0.1, 0.15) is 5.82 Å². The molecule has 1 heterocycles. The Morgan fingerprint density at radius 1 is 1.31 bits per heavy atom. The number of pyridine rings is 1. The highest BCUT2D eigenvalue weighted by molar-refractivity contribution is 6.17. The van der Waals surface area contributed by atoms with Gasteiger partial charge in [-0.2, -0.15) is 0 Å². The van der Waals surface area contributed by atoms with Crippen molar-refractivity contribution in [3.8, 4) is 0 Å². The minimum absolute atomic E-state index is 0.237. The zero-order valence-electron chi connectivity index (χ0n) is 6.80. The third-order valence-electron chi connectivity index (χ3n) is 1.94. The predicted molar refractivity (Wildman–Crippen MR) is 51.3 cm³/mol. The van der Waals surface area contributed by atoms with Crippen molar-refractivity contribution in [3.63, 3.8) is 0 Å². The van der Waals surface area contributed by atoms with Crippen LogP contribution in [0.15, 0.2) is 30.5 Å². The van der Waals surface area contributed by atoms with Crippen LogP contribution in [0.2, 0.25) is 0 Å². The average Bonchev–Trinajstić information content (AvgIpc) is 2.16. The Morgan fingerprint density at radius 3 is 2.92 bits per heavy atom. The first kappa shape index (κ1) is 8.45. The van der Waals surface area contributed by atoms with E-state index in [0.29, 0.717) is 5.88 Å². The molecule has 66 valence electrons. The number of fused-ring (bicyclic) bond motifs is 1. The zero-order valence-corrected chi connectivity index (χ0v) is 7.55. The Kier molecular flexibility index (Phi) is 2.15. The number of rotatable bonds is 1. The molecule has 0 atom stereocenters. The largest absolute Gasteiger partial charge is 0.259 e. The Labute approximate surface area is 80.2 Å².